The molecular weight excluding hydrogens is 302 g/mol. The number of ether oxygens (including phenoxy) is 1. The van der Waals surface area contributed by atoms with E-state index < -0.39 is 17.7 Å². The number of amides is 1. The van der Waals surface area contributed by atoms with Gasteiger partial charge in [-0.15, -0.1) is 11.3 Å². The summed E-state index contributed by atoms with van der Waals surface area (Å²) < 4.78 is 5.17. The zero-order valence-electron chi connectivity index (χ0n) is 13.2. The van der Waals surface area contributed by atoms with E-state index in [1.54, 1.807) is 20.8 Å². The Morgan fingerprint density at radius 1 is 1.27 bits per heavy atom. The molecule has 2 rings (SSSR count). The van der Waals surface area contributed by atoms with Crippen LogP contribution in [0.3, 0.4) is 0 Å². The summed E-state index contributed by atoms with van der Waals surface area (Å²) in [5.41, 5.74) is 0.272. The molecule has 0 aromatic carbocycles. The summed E-state index contributed by atoms with van der Waals surface area (Å²) in [6.07, 6.45) is 4.76. The van der Waals surface area contributed by atoms with E-state index in [0.717, 1.165) is 31.2 Å². The highest BCUT2D eigenvalue weighted by atomic mass is 32.1. The maximum atomic E-state index is 11.8. The van der Waals surface area contributed by atoms with Crippen LogP contribution in [-0.2, 0) is 4.74 Å². The van der Waals surface area contributed by atoms with Gasteiger partial charge in [0.25, 0.3) is 0 Å². The molecule has 6 heteroatoms. The van der Waals surface area contributed by atoms with Gasteiger partial charge in [0.2, 0.25) is 0 Å². The molecule has 0 unspecified atom stereocenters. The third-order valence-electron chi connectivity index (χ3n) is 3.68. The van der Waals surface area contributed by atoms with Gasteiger partial charge in [-0.3, -0.25) is 5.32 Å². The quantitative estimate of drug-likeness (QED) is 0.923. The molecular formula is C16H22NO4S-. The molecule has 0 saturated heterocycles. The fourth-order valence-electron chi connectivity index (χ4n) is 2.78. The van der Waals surface area contributed by atoms with E-state index in [-0.39, 0.29) is 11.5 Å². The van der Waals surface area contributed by atoms with Gasteiger partial charge in [0.05, 0.1) is 5.97 Å². The highest BCUT2D eigenvalue weighted by Gasteiger charge is 2.24. The molecule has 0 radical (unpaired) electrons. The minimum atomic E-state index is -1.24. The van der Waals surface area contributed by atoms with Gasteiger partial charge in [0, 0.05) is 5.56 Å². The van der Waals surface area contributed by atoms with E-state index in [4.69, 9.17) is 4.74 Å². The van der Waals surface area contributed by atoms with Crippen molar-refractivity contribution in [1.82, 2.24) is 0 Å². The van der Waals surface area contributed by atoms with Gasteiger partial charge in [-0.2, -0.15) is 0 Å². The number of rotatable bonds is 3. The lowest BCUT2D eigenvalue weighted by Crippen LogP contribution is -2.29. The third-order valence-corrected chi connectivity index (χ3v) is 4.60. The molecule has 5 nitrogen and oxygen atoms in total. The minimum absolute atomic E-state index is 0.114. The number of carbonyl (C=O) groups is 2. The number of anilines is 1. The lowest BCUT2D eigenvalue weighted by atomic mass is 9.83. The molecule has 122 valence electrons. The summed E-state index contributed by atoms with van der Waals surface area (Å²) in [5, 5.41) is 16.2. The van der Waals surface area contributed by atoms with Crippen molar-refractivity contribution >= 4 is 28.4 Å². The normalized spacial score (nSPS) is 16.3. The lowest BCUT2D eigenvalue weighted by molar-refractivity contribution is -0.255. The Morgan fingerprint density at radius 3 is 2.45 bits per heavy atom. The van der Waals surface area contributed by atoms with Crippen molar-refractivity contribution in [3.63, 3.8) is 0 Å². The van der Waals surface area contributed by atoms with E-state index in [1.807, 2.05) is 5.38 Å². The van der Waals surface area contributed by atoms with Gasteiger partial charge in [-0.25, -0.2) is 4.79 Å². The maximum absolute atomic E-state index is 11.8. The summed E-state index contributed by atoms with van der Waals surface area (Å²) in [6, 6.07) is 0. The Morgan fingerprint density at radius 2 is 1.91 bits per heavy atom. The van der Waals surface area contributed by atoms with E-state index in [2.05, 4.69) is 5.32 Å². The van der Waals surface area contributed by atoms with Crippen molar-refractivity contribution in [3.8, 4) is 0 Å². The molecule has 22 heavy (non-hydrogen) atoms. The number of carbonyl (C=O) groups excluding carboxylic acids is 2. The van der Waals surface area contributed by atoms with Crippen LogP contribution in [0.5, 0.6) is 0 Å². The predicted molar refractivity (Wildman–Crippen MR) is 84.3 cm³/mol. The minimum Gasteiger partial charge on any atom is -0.545 e. The number of hydrogen-bond donors (Lipinski definition) is 1. The van der Waals surface area contributed by atoms with E-state index in [0.29, 0.717) is 5.00 Å². The summed E-state index contributed by atoms with van der Waals surface area (Å²) in [5.74, 6) is -1.00. The third kappa shape index (κ3) is 4.22. The first-order chi connectivity index (χ1) is 10.3. The Hall–Kier alpha value is -1.56. The number of carboxylic acids is 1. The van der Waals surface area contributed by atoms with Crippen molar-refractivity contribution in [2.75, 3.05) is 5.32 Å². The molecule has 0 spiro atoms. The second kappa shape index (κ2) is 6.69. The van der Waals surface area contributed by atoms with Crippen LogP contribution in [0.15, 0.2) is 5.38 Å². The predicted octanol–water partition coefficient (Wildman–Crippen LogP) is 3.51. The van der Waals surface area contributed by atoms with Gasteiger partial charge in [0.1, 0.15) is 10.6 Å². The number of hydrogen-bond acceptors (Lipinski definition) is 5. The Balaban J connectivity index is 2.19. The van der Waals surface area contributed by atoms with Crippen LogP contribution in [0.1, 0.15) is 74.7 Å². The first-order valence-corrected chi connectivity index (χ1v) is 8.48. The first-order valence-electron chi connectivity index (χ1n) is 7.60. The van der Waals surface area contributed by atoms with Crippen molar-refractivity contribution < 1.29 is 19.4 Å². The molecule has 1 aromatic rings. The maximum Gasteiger partial charge on any atom is 0.412 e. The average Bonchev–Trinajstić information content (AvgIpc) is 2.81. The monoisotopic (exact) mass is 324 g/mol. The highest BCUT2D eigenvalue weighted by molar-refractivity contribution is 7.15. The topological polar surface area (TPSA) is 78.5 Å². The fraction of sp³-hybridized carbons (Fsp3) is 0.625. The molecule has 0 aliphatic heterocycles. The molecule has 1 fully saturated rings. The summed E-state index contributed by atoms with van der Waals surface area (Å²) >= 11 is 1.22. The molecule has 1 aliphatic carbocycles. The molecule has 1 amide bonds. The van der Waals surface area contributed by atoms with Gasteiger partial charge >= 0.3 is 6.09 Å². The lowest BCUT2D eigenvalue weighted by Gasteiger charge is -2.23. The summed E-state index contributed by atoms with van der Waals surface area (Å²) in [4.78, 5) is 23.4. The number of thiophene rings is 1. The second-order valence-corrected chi connectivity index (χ2v) is 7.52. The molecule has 1 aromatic heterocycles. The van der Waals surface area contributed by atoms with Crippen molar-refractivity contribution in [2.45, 2.75) is 64.4 Å². The Labute approximate surface area is 134 Å². The molecule has 0 bridgehead atoms. The van der Waals surface area contributed by atoms with E-state index in [9.17, 15) is 14.7 Å². The van der Waals surface area contributed by atoms with Crippen LogP contribution in [0.2, 0.25) is 0 Å². The van der Waals surface area contributed by atoms with Gasteiger partial charge in [0.15, 0.2) is 0 Å². The smallest absolute Gasteiger partial charge is 0.412 e. The van der Waals surface area contributed by atoms with Crippen LogP contribution in [-0.4, -0.2) is 17.7 Å². The van der Waals surface area contributed by atoms with Crippen molar-refractivity contribution in [3.05, 3.63) is 16.5 Å². The Bertz CT molecular complexity index is 553. The molecule has 0 atom stereocenters. The van der Waals surface area contributed by atoms with Crippen LogP contribution in [0.4, 0.5) is 9.80 Å². The van der Waals surface area contributed by atoms with Gasteiger partial charge in [-0.05, 0) is 50.5 Å². The van der Waals surface area contributed by atoms with Crippen molar-refractivity contribution in [2.24, 2.45) is 0 Å². The molecule has 1 heterocycles. The summed E-state index contributed by atoms with van der Waals surface area (Å²) in [7, 11) is 0. The van der Waals surface area contributed by atoms with Crippen LogP contribution >= 0.6 is 11.3 Å². The van der Waals surface area contributed by atoms with Gasteiger partial charge < -0.3 is 14.6 Å². The zero-order valence-corrected chi connectivity index (χ0v) is 14.0. The average molecular weight is 324 g/mol. The standard InChI is InChI=1S/C16H23NO4S/c1-16(2,3)21-15(20)17-13-12(14(18)19)11(9-22-13)10-7-5-4-6-8-10/h9-10H,4-8H2,1-3H3,(H,17,20)(H,18,19)/p-1. The van der Waals surface area contributed by atoms with Crippen molar-refractivity contribution in [1.29, 1.82) is 0 Å². The number of aromatic carboxylic acids is 1. The Kier molecular flexibility index (Phi) is 5.11. The largest absolute Gasteiger partial charge is 0.545 e. The number of carboxylic acid groups (broad SMARTS) is 1. The van der Waals surface area contributed by atoms with Crippen LogP contribution < -0.4 is 10.4 Å². The second-order valence-electron chi connectivity index (χ2n) is 6.64. The molecule has 1 saturated carbocycles. The van der Waals surface area contributed by atoms with Crippen LogP contribution in [0, 0.1) is 0 Å². The SMILES string of the molecule is CC(C)(C)OC(=O)Nc1scc(C2CCCCC2)c1C(=O)[O-]. The molecule has 1 aliphatic rings. The van der Waals surface area contributed by atoms with Gasteiger partial charge in [-0.1, -0.05) is 19.3 Å². The number of nitrogens with one attached hydrogen (secondary N) is 1. The summed E-state index contributed by atoms with van der Waals surface area (Å²) in [6.45, 7) is 5.27. The zero-order chi connectivity index (χ0) is 16.3. The van der Waals surface area contributed by atoms with Crippen LogP contribution in [0.25, 0.3) is 0 Å². The van der Waals surface area contributed by atoms with E-state index in [1.165, 1.54) is 17.8 Å². The molecule has 1 N–H and O–H groups in total. The highest BCUT2D eigenvalue weighted by Crippen LogP contribution is 2.39. The van der Waals surface area contributed by atoms with E-state index >= 15 is 0 Å². The first kappa shape index (κ1) is 16.8. The fourth-order valence-corrected chi connectivity index (χ4v) is 3.80.